The van der Waals surface area contributed by atoms with E-state index in [0.717, 1.165) is 11.1 Å². The Balaban J connectivity index is 2.18. The predicted molar refractivity (Wildman–Crippen MR) is 72.6 cm³/mol. The minimum Gasteiger partial charge on any atom is -0.507 e. The van der Waals surface area contributed by atoms with Crippen LogP contribution in [0.25, 0.3) is 6.08 Å². The first-order chi connectivity index (χ1) is 9.06. The highest BCUT2D eigenvalue weighted by molar-refractivity contribution is 6.08. The first-order valence-corrected chi connectivity index (χ1v) is 5.84. The maximum Gasteiger partial charge on any atom is 0.189 e. The van der Waals surface area contributed by atoms with Gasteiger partial charge in [0.1, 0.15) is 11.6 Å². The largest absolute Gasteiger partial charge is 0.507 e. The van der Waals surface area contributed by atoms with Crippen molar-refractivity contribution in [1.29, 1.82) is 0 Å². The van der Waals surface area contributed by atoms with Crippen molar-refractivity contribution in [3.8, 4) is 5.75 Å². The summed E-state index contributed by atoms with van der Waals surface area (Å²) in [6.45, 7) is 1.84. The first kappa shape index (κ1) is 13.0. The molecule has 0 saturated heterocycles. The quantitative estimate of drug-likeness (QED) is 0.671. The molecule has 0 amide bonds. The van der Waals surface area contributed by atoms with E-state index in [1.54, 1.807) is 36.4 Å². The fourth-order valence-electron chi connectivity index (χ4n) is 1.69. The molecule has 0 aliphatic rings. The van der Waals surface area contributed by atoms with E-state index in [1.807, 2.05) is 6.92 Å². The lowest BCUT2D eigenvalue weighted by atomic mass is 10.1. The summed E-state index contributed by atoms with van der Waals surface area (Å²) in [5.74, 6) is -0.643. The van der Waals surface area contributed by atoms with Gasteiger partial charge in [0.15, 0.2) is 5.78 Å². The van der Waals surface area contributed by atoms with Gasteiger partial charge in [0, 0.05) is 0 Å². The van der Waals surface area contributed by atoms with Crippen LogP contribution in [0, 0.1) is 12.7 Å². The highest BCUT2D eigenvalue weighted by Gasteiger charge is 2.07. The molecule has 0 unspecified atom stereocenters. The van der Waals surface area contributed by atoms with Crippen molar-refractivity contribution in [2.75, 3.05) is 0 Å². The molecule has 0 heterocycles. The molecule has 2 aromatic rings. The van der Waals surface area contributed by atoms with E-state index in [4.69, 9.17) is 0 Å². The Kier molecular flexibility index (Phi) is 3.76. The molecule has 19 heavy (non-hydrogen) atoms. The molecule has 2 aromatic carbocycles. The summed E-state index contributed by atoms with van der Waals surface area (Å²) >= 11 is 0. The van der Waals surface area contributed by atoms with Gasteiger partial charge in [-0.15, -0.1) is 0 Å². The Hall–Kier alpha value is -2.42. The van der Waals surface area contributed by atoms with Crippen molar-refractivity contribution in [3.63, 3.8) is 0 Å². The van der Waals surface area contributed by atoms with Crippen LogP contribution in [-0.2, 0) is 0 Å². The number of aromatic hydroxyl groups is 1. The van der Waals surface area contributed by atoms with E-state index in [-0.39, 0.29) is 22.9 Å². The minimum absolute atomic E-state index is 0.0336. The number of hydrogen-bond donors (Lipinski definition) is 1. The predicted octanol–water partition coefficient (Wildman–Crippen LogP) is 3.74. The molecule has 1 N–H and O–H groups in total. The third kappa shape index (κ3) is 3.28. The van der Waals surface area contributed by atoms with Crippen LogP contribution in [0.15, 0.2) is 48.5 Å². The fraction of sp³-hybridized carbons (Fsp3) is 0.0625. The van der Waals surface area contributed by atoms with E-state index >= 15 is 0 Å². The van der Waals surface area contributed by atoms with Gasteiger partial charge in [-0.2, -0.15) is 0 Å². The van der Waals surface area contributed by atoms with Gasteiger partial charge >= 0.3 is 0 Å². The Labute approximate surface area is 110 Å². The third-order valence-corrected chi connectivity index (χ3v) is 2.72. The number of phenolic OH excluding ortho intramolecular Hbond substituents is 1. The van der Waals surface area contributed by atoms with Gasteiger partial charge in [-0.3, -0.25) is 4.79 Å². The normalized spacial score (nSPS) is 10.8. The maximum absolute atomic E-state index is 12.7. The van der Waals surface area contributed by atoms with Crippen LogP contribution < -0.4 is 0 Å². The van der Waals surface area contributed by atoms with Gasteiger partial charge in [0.25, 0.3) is 0 Å². The number of phenols is 1. The topological polar surface area (TPSA) is 37.3 Å². The van der Waals surface area contributed by atoms with Gasteiger partial charge in [-0.05, 0) is 48.4 Å². The zero-order valence-corrected chi connectivity index (χ0v) is 10.4. The average molecular weight is 256 g/mol. The second-order valence-electron chi connectivity index (χ2n) is 4.27. The molecular weight excluding hydrogens is 243 g/mol. The van der Waals surface area contributed by atoms with Crippen molar-refractivity contribution < 1.29 is 14.3 Å². The molecule has 2 nitrogen and oxygen atoms in total. The van der Waals surface area contributed by atoms with E-state index in [2.05, 4.69) is 0 Å². The van der Waals surface area contributed by atoms with Gasteiger partial charge in [0.05, 0.1) is 5.56 Å². The standard InChI is InChI=1S/C16H13FO2/c1-11-2-8-14(16(19)10-11)15(18)9-5-12-3-6-13(17)7-4-12/h2-10,19H,1H3/b9-5+. The molecule has 0 fully saturated rings. The second kappa shape index (κ2) is 5.48. The number of aryl methyl sites for hydroxylation is 1. The molecule has 96 valence electrons. The Bertz CT molecular complexity index is 628. The van der Waals surface area contributed by atoms with Crippen molar-refractivity contribution in [3.05, 3.63) is 71.0 Å². The van der Waals surface area contributed by atoms with Gasteiger partial charge in [-0.1, -0.05) is 24.3 Å². The van der Waals surface area contributed by atoms with E-state index in [1.165, 1.54) is 18.2 Å². The smallest absolute Gasteiger partial charge is 0.189 e. The lowest BCUT2D eigenvalue weighted by Gasteiger charge is -2.01. The number of rotatable bonds is 3. The van der Waals surface area contributed by atoms with Gasteiger partial charge in [0.2, 0.25) is 0 Å². The van der Waals surface area contributed by atoms with Crippen molar-refractivity contribution in [2.45, 2.75) is 6.92 Å². The lowest BCUT2D eigenvalue weighted by Crippen LogP contribution is -1.95. The highest BCUT2D eigenvalue weighted by Crippen LogP contribution is 2.19. The number of allylic oxidation sites excluding steroid dienone is 1. The number of carbonyl (C=O) groups is 1. The molecule has 3 heteroatoms. The van der Waals surface area contributed by atoms with Crippen LogP contribution in [0.5, 0.6) is 5.75 Å². The number of hydrogen-bond acceptors (Lipinski definition) is 2. The zero-order valence-electron chi connectivity index (χ0n) is 10.4. The zero-order chi connectivity index (χ0) is 13.8. The maximum atomic E-state index is 12.7. The summed E-state index contributed by atoms with van der Waals surface area (Å²) in [4.78, 5) is 11.9. The van der Waals surface area contributed by atoms with E-state index < -0.39 is 0 Å². The Morgan fingerprint density at radius 3 is 2.47 bits per heavy atom. The van der Waals surface area contributed by atoms with Crippen molar-refractivity contribution in [1.82, 2.24) is 0 Å². The summed E-state index contributed by atoms with van der Waals surface area (Å²) in [5.41, 5.74) is 1.86. The van der Waals surface area contributed by atoms with E-state index in [9.17, 15) is 14.3 Å². The molecule has 0 radical (unpaired) electrons. The first-order valence-electron chi connectivity index (χ1n) is 5.84. The lowest BCUT2D eigenvalue weighted by molar-refractivity contribution is 0.104. The molecule has 2 rings (SSSR count). The van der Waals surface area contributed by atoms with Crippen LogP contribution in [0.2, 0.25) is 0 Å². The monoisotopic (exact) mass is 256 g/mol. The molecule has 0 aliphatic carbocycles. The van der Waals surface area contributed by atoms with Crippen molar-refractivity contribution >= 4 is 11.9 Å². The van der Waals surface area contributed by atoms with Crippen LogP contribution in [0.1, 0.15) is 21.5 Å². The molecule has 0 aliphatic heterocycles. The van der Waals surface area contributed by atoms with Crippen LogP contribution in [-0.4, -0.2) is 10.9 Å². The average Bonchev–Trinajstić information content (AvgIpc) is 2.37. The molecule has 0 saturated carbocycles. The Morgan fingerprint density at radius 1 is 1.16 bits per heavy atom. The second-order valence-corrected chi connectivity index (χ2v) is 4.27. The van der Waals surface area contributed by atoms with Gasteiger partial charge < -0.3 is 5.11 Å². The third-order valence-electron chi connectivity index (χ3n) is 2.72. The summed E-state index contributed by atoms with van der Waals surface area (Å²) < 4.78 is 12.7. The summed E-state index contributed by atoms with van der Waals surface area (Å²) in [5, 5.41) is 9.69. The highest BCUT2D eigenvalue weighted by atomic mass is 19.1. The number of benzene rings is 2. The molecule has 0 bridgehead atoms. The number of halogens is 1. The molecule has 0 aromatic heterocycles. The van der Waals surface area contributed by atoms with E-state index in [0.29, 0.717) is 0 Å². The molecule has 0 spiro atoms. The Morgan fingerprint density at radius 2 is 1.84 bits per heavy atom. The fourth-order valence-corrected chi connectivity index (χ4v) is 1.69. The summed E-state index contributed by atoms with van der Waals surface area (Å²) in [6.07, 6.45) is 2.94. The van der Waals surface area contributed by atoms with Crippen molar-refractivity contribution in [2.24, 2.45) is 0 Å². The number of ketones is 1. The van der Waals surface area contributed by atoms with Crippen LogP contribution in [0.4, 0.5) is 4.39 Å². The van der Waals surface area contributed by atoms with Gasteiger partial charge in [-0.25, -0.2) is 4.39 Å². The summed E-state index contributed by atoms with van der Waals surface area (Å²) in [7, 11) is 0. The number of carbonyl (C=O) groups excluding carboxylic acids is 1. The van der Waals surface area contributed by atoms with Crippen LogP contribution >= 0.6 is 0 Å². The molecule has 0 atom stereocenters. The molecular formula is C16H13FO2. The minimum atomic E-state index is -0.320. The van der Waals surface area contributed by atoms with Crippen LogP contribution in [0.3, 0.4) is 0 Å². The SMILES string of the molecule is Cc1ccc(C(=O)/C=C/c2ccc(F)cc2)c(O)c1. The summed E-state index contributed by atoms with van der Waals surface area (Å²) in [6, 6.07) is 10.7.